The van der Waals surface area contributed by atoms with Gasteiger partial charge in [0.1, 0.15) is 11.0 Å². The lowest BCUT2D eigenvalue weighted by molar-refractivity contribution is -0.112. The van der Waals surface area contributed by atoms with E-state index in [2.05, 4.69) is 9.97 Å². The van der Waals surface area contributed by atoms with Crippen LogP contribution in [-0.4, -0.2) is 39.2 Å². The summed E-state index contributed by atoms with van der Waals surface area (Å²) in [5.41, 5.74) is 4.86. The molecule has 1 saturated heterocycles. The van der Waals surface area contributed by atoms with Crippen LogP contribution in [0.3, 0.4) is 0 Å². The number of pyridine rings is 1. The molecule has 0 spiro atoms. The highest BCUT2D eigenvalue weighted by molar-refractivity contribution is 6.23. The van der Waals surface area contributed by atoms with Gasteiger partial charge in [-0.2, -0.15) is 0 Å². The van der Waals surface area contributed by atoms with Crippen molar-refractivity contribution in [1.29, 1.82) is 0 Å². The Kier molecular flexibility index (Phi) is 4.91. The van der Waals surface area contributed by atoms with E-state index in [4.69, 9.17) is 4.99 Å². The lowest BCUT2D eigenvalue weighted by Gasteiger charge is -2.19. The number of aromatic nitrogens is 3. The maximum atomic E-state index is 14.3. The van der Waals surface area contributed by atoms with Crippen LogP contribution in [0.25, 0.3) is 28.6 Å². The number of hydrogen-bond acceptors (Lipinski definition) is 4. The van der Waals surface area contributed by atoms with Crippen molar-refractivity contribution in [2.75, 3.05) is 18.0 Å². The Labute approximate surface area is 199 Å². The molecule has 3 aromatic heterocycles. The van der Waals surface area contributed by atoms with E-state index < -0.39 is 5.92 Å². The number of anilines is 1. The zero-order valence-corrected chi connectivity index (χ0v) is 19.1. The van der Waals surface area contributed by atoms with E-state index in [1.54, 1.807) is 18.0 Å². The molecule has 0 aliphatic carbocycles. The molecule has 2 aliphatic heterocycles. The molecule has 5 heterocycles. The van der Waals surface area contributed by atoms with Gasteiger partial charge in [0, 0.05) is 60.4 Å². The van der Waals surface area contributed by atoms with Crippen molar-refractivity contribution in [2.24, 2.45) is 4.99 Å². The molecule has 0 unspecified atom stereocenters. The Balaban J connectivity index is 1.59. The van der Waals surface area contributed by atoms with Crippen molar-refractivity contribution < 1.29 is 13.6 Å². The van der Waals surface area contributed by atoms with Crippen LogP contribution in [0.5, 0.6) is 0 Å². The molecule has 4 aromatic rings. The zero-order chi connectivity index (χ0) is 24.2. The molecule has 0 bridgehead atoms. The molecular formula is C27H23F2N5O. The number of halogens is 2. The van der Waals surface area contributed by atoms with Crippen LogP contribution in [-0.2, 0) is 4.79 Å². The van der Waals surface area contributed by atoms with E-state index in [-0.39, 0.29) is 31.7 Å². The van der Waals surface area contributed by atoms with E-state index in [9.17, 15) is 13.6 Å². The number of alkyl halides is 2. The molecule has 0 radical (unpaired) electrons. The Morgan fingerprint density at radius 1 is 1.09 bits per heavy atom. The molecule has 0 saturated carbocycles. The van der Waals surface area contributed by atoms with Gasteiger partial charge in [-0.1, -0.05) is 36.4 Å². The van der Waals surface area contributed by atoms with Crippen molar-refractivity contribution in [3.8, 4) is 11.3 Å². The largest absolute Gasteiger partial charge is 0.362 e. The summed E-state index contributed by atoms with van der Waals surface area (Å²) in [7, 11) is 0. The van der Waals surface area contributed by atoms with Crippen LogP contribution in [0.2, 0.25) is 0 Å². The predicted octanol–water partition coefficient (Wildman–Crippen LogP) is 3.98. The number of Topliss-reactive ketones (excluding diaryl/α,β-unsaturated/α-hetero) is 1. The fourth-order valence-electron chi connectivity index (χ4n) is 4.97. The highest BCUT2D eigenvalue weighted by Gasteiger charge is 2.40. The fourth-order valence-corrected chi connectivity index (χ4v) is 4.97. The van der Waals surface area contributed by atoms with Gasteiger partial charge in [-0.3, -0.25) is 4.79 Å². The summed E-state index contributed by atoms with van der Waals surface area (Å²) in [6.45, 7) is 1.68. The molecule has 6 rings (SSSR count). The number of allylic oxidation sites excluding steroid dienone is 2. The van der Waals surface area contributed by atoms with Gasteiger partial charge in [-0.05, 0) is 19.1 Å². The predicted molar refractivity (Wildman–Crippen MR) is 131 cm³/mol. The average Bonchev–Trinajstić information content (AvgIpc) is 3.54. The number of aromatic amines is 1. The lowest BCUT2D eigenvalue weighted by Crippen LogP contribution is -2.33. The number of ketones is 1. The molecule has 0 atom stereocenters. The Bertz CT molecular complexity index is 1610. The van der Waals surface area contributed by atoms with Crippen LogP contribution in [0.4, 0.5) is 14.5 Å². The van der Waals surface area contributed by atoms with Gasteiger partial charge in [0.25, 0.3) is 5.92 Å². The molecule has 176 valence electrons. The Hall–Kier alpha value is -4.07. The first-order chi connectivity index (χ1) is 16.9. The summed E-state index contributed by atoms with van der Waals surface area (Å²) in [5, 5.41) is 1.26. The number of benzene rings is 1. The van der Waals surface area contributed by atoms with E-state index in [0.717, 1.165) is 22.5 Å². The summed E-state index contributed by atoms with van der Waals surface area (Å²) in [5.74, 6) is -2.81. The van der Waals surface area contributed by atoms with Crippen LogP contribution >= 0.6 is 0 Å². The number of fused-ring (bicyclic) bond motifs is 2. The van der Waals surface area contributed by atoms with Crippen LogP contribution in [0.15, 0.2) is 71.7 Å². The SMILES string of the molecule is CC1=C(c2ccc3nccn3c2)C(=O)CC=c2[nH]c(-c3ccccc3)c(N3CCC(F)(F)C3)c2=N1. The van der Waals surface area contributed by atoms with Gasteiger partial charge in [-0.15, -0.1) is 0 Å². The summed E-state index contributed by atoms with van der Waals surface area (Å²) >= 11 is 0. The van der Waals surface area contributed by atoms with Gasteiger partial charge >= 0.3 is 0 Å². The molecule has 1 fully saturated rings. The summed E-state index contributed by atoms with van der Waals surface area (Å²) in [4.78, 5) is 27.5. The number of imidazole rings is 1. The van der Waals surface area contributed by atoms with E-state index in [1.807, 2.05) is 65.3 Å². The normalized spacial score (nSPS) is 17.7. The average molecular weight is 472 g/mol. The van der Waals surface area contributed by atoms with Gasteiger partial charge < -0.3 is 14.3 Å². The van der Waals surface area contributed by atoms with Crippen LogP contribution < -0.4 is 15.6 Å². The first-order valence-corrected chi connectivity index (χ1v) is 11.6. The van der Waals surface area contributed by atoms with Gasteiger partial charge in [-0.25, -0.2) is 18.8 Å². The Morgan fingerprint density at radius 3 is 2.69 bits per heavy atom. The Morgan fingerprint density at radius 2 is 1.91 bits per heavy atom. The first kappa shape index (κ1) is 21.5. The second-order valence-electron chi connectivity index (χ2n) is 9.02. The molecule has 35 heavy (non-hydrogen) atoms. The number of rotatable bonds is 3. The minimum atomic E-state index is -2.75. The van der Waals surface area contributed by atoms with Crippen molar-refractivity contribution in [1.82, 2.24) is 14.4 Å². The minimum absolute atomic E-state index is 0.0542. The third-order valence-corrected chi connectivity index (χ3v) is 6.61. The third kappa shape index (κ3) is 3.75. The minimum Gasteiger partial charge on any atom is -0.362 e. The number of nitrogens with one attached hydrogen (secondary N) is 1. The maximum Gasteiger partial charge on any atom is 0.266 e. The van der Waals surface area contributed by atoms with Crippen molar-refractivity contribution >= 4 is 28.8 Å². The summed E-state index contributed by atoms with van der Waals surface area (Å²) in [6, 6.07) is 13.3. The van der Waals surface area contributed by atoms with E-state index >= 15 is 0 Å². The number of nitrogens with zero attached hydrogens (tertiary/aromatic N) is 4. The van der Waals surface area contributed by atoms with Crippen molar-refractivity contribution in [3.63, 3.8) is 0 Å². The van der Waals surface area contributed by atoms with E-state index in [1.165, 1.54) is 0 Å². The molecule has 6 nitrogen and oxygen atoms in total. The second kappa shape index (κ2) is 8.01. The molecular weight excluding hydrogens is 448 g/mol. The van der Waals surface area contributed by atoms with Gasteiger partial charge in [0.15, 0.2) is 5.78 Å². The van der Waals surface area contributed by atoms with Crippen molar-refractivity contribution in [2.45, 2.75) is 25.7 Å². The lowest BCUT2D eigenvalue weighted by atomic mass is 9.98. The smallest absolute Gasteiger partial charge is 0.266 e. The number of carbonyl (C=O) groups is 1. The third-order valence-electron chi connectivity index (χ3n) is 6.61. The highest BCUT2D eigenvalue weighted by atomic mass is 19.3. The standard InChI is InChI=1S/C27H23F2N5O/c1-17-23(19-7-10-22-30-12-14-33(22)15-19)21(35)9-8-20-25(31-17)26(34-13-11-27(28,29)16-34)24(32-20)18-5-3-2-4-6-18/h2-8,10,12,14-15,32H,9,11,13,16H2,1H3. The molecule has 1 aromatic carbocycles. The molecule has 8 heteroatoms. The van der Waals surface area contributed by atoms with Crippen LogP contribution in [0.1, 0.15) is 25.3 Å². The maximum absolute atomic E-state index is 14.3. The van der Waals surface area contributed by atoms with Gasteiger partial charge in [0.2, 0.25) is 0 Å². The monoisotopic (exact) mass is 471 g/mol. The number of hydrogen-bond donors (Lipinski definition) is 1. The quantitative estimate of drug-likeness (QED) is 0.492. The molecule has 0 amide bonds. The van der Waals surface area contributed by atoms with Crippen LogP contribution in [0, 0.1) is 0 Å². The number of H-pyrrole nitrogens is 1. The summed E-state index contributed by atoms with van der Waals surface area (Å²) in [6.07, 6.45) is 7.18. The molecule has 2 aliphatic rings. The van der Waals surface area contributed by atoms with E-state index in [0.29, 0.717) is 27.7 Å². The summed E-state index contributed by atoms with van der Waals surface area (Å²) < 4.78 is 30.4. The number of carbonyl (C=O) groups excluding carboxylic acids is 1. The molecule has 1 N–H and O–H groups in total. The second-order valence-corrected chi connectivity index (χ2v) is 9.02. The topological polar surface area (TPSA) is 65.8 Å². The van der Waals surface area contributed by atoms with Gasteiger partial charge in [0.05, 0.1) is 23.3 Å². The highest BCUT2D eigenvalue weighted by Crippen LogP contribution is 2.34. The first-order valence-electron chi connectivity index (χ1n) is 11.6. The van der Waals surface area contributed by atoms with Crippen molar-refractivity contribution in [3.05, 3.63) is 83.0 Å². The zero-order valence-electron chi connectivity index (χ0n) is 19.1. The fraction of sp³-hybridized carbons (Fsp3) is 0.222.